The average Bonchev–Trinajstić information content (AvgIpc) is 3.31. The number of phenolic OH excluding ortho intramolecular Hbond substituents is 1. The van der Waals surface area contributed by atoms with Crippen LogP contribution in [-0.4, -0.2) is 32.0 Å². The summed E-state index contributed by atoms with van der Waals surface area (Å²) in [7, 11) is 0. The normalized spacial score (nSPS) is 10.9. The number of carbonyl (C=O) groups excluding carboxylic acids is 1. The highest BCUT2D eigenvalue weighted by Crippen LogP contribution is 2.29. The van der Waals surface area contributed by atoms with Gasteiger partial charge in [0.1, 0.15) is 11.5 Å². The molecule has 0 spiro atoms. The Balaban J connectivity index is 1.54. The van der Waals surface area contributed by atoms with Gasteiger partial charge in [-0.1, -0.05) is 12.1 Å². The standard InChI is InChI=1S/C20H16N4O5/c21-18-14-9-12(4-5-15(14)24(23-18)20(27)28)16-6-7-17(29-16)19(26)22-10-11-2-1-3-13(25)8-11/h1-9,25H,10H2,(H2,21,23)(H,22,26)(H,27,28). The van der Waals surface area contributed by atoms with Gasteiger partial charge in [-0.2, -0.15) is 4.68 Å². The molecule has 0 aliphatic rings. The number of hydrogen-bond donors (Lipinski definition) is 4. The van der Waals surface area contributed by atoms with Crippen LogP contribution in [0.2, 0.25) is 0 Å². The van der Waals surface area contributed by atoms with Crippen molar-refractivity contribution in [3.8, 4) is 17.1 Å². The number of furan rings is 1. The fraction of sp³-hybridized carbons (Fsp3) is 0.0500. The van der Waals surface area contributed by atoms with E-state index in [0.29, 0.717) is 22.2 Å². The van der Waals surface area contributed by atoms with Crippen LogP contribution in [0.1, 0.15) is 16.1 Å². The van der Waals surface area contributed by atoms with Crippen molar-refractivity contribution >= 4 is 28.7 Å². The third-order valence-electron chi connectivity index (χ3n) is 4.37. The maximum absolute atomic E-state index is 12.3. The highest BCUT2D eigenvalue weighted by molar-refractivity contribution is 5.97. The van der Waals surface area contributed by atoms with E-state index in [1.165, 1.54) is 0 Å². The van der Waals surface area contributed by atoms with Gasteiger partial charge in [-0.3, -0.25) is 4.79 Å². The second-order valence-corrected chi connectivity index (χ2v) is 6.33. The number of carbonyl (C=O) groups is 2. The lowest BCUT2D eigenvalue weighted by Gasteiger charge is -2.04. The van der Waals surface area contributed by atoms with E-state index in [-0.39, 0.29) is 23.9 Å². The van der Waals surface area contributed by atoms with E-state index in [1.807, 2.05) is 0 Å². The molecule has 2 aromatic carbocycles. The van der Waals surface area contributed by atoms with Crippen LogP contribution in [0.3, 0.4) is 0 Å². The van der Waals surface area contributed by atoms with Crippen LogP contribution < -0.4 is 11.1 Å². The van der Waals surface area contributed by atoms with Gasteiger partial charge in [-0.05, 0) is 48.0 Å². The van der Waals surface area contributed by atoms with Crippen molar-refractivity contribution in [2.45, 2.75) is 6.54 Å². The quantitative estimate of drug-likeness (QED) is 0.418. The minimum Gasteiger partial charge on any atom is -0.508 e. The summed E-state index contributed by atoms with van der Waals surface area (Å²) in [6.45, 7) is 0.236. The molecule has 4 aromatic rings. The zero-order valence-corrected chi connectivity index (χ0v) is 15.0. The van der Waals surface area contributed by atoms with Gasteiger partial charge in [0.2, 0.25) is 0 Å². The summed E-state index contributed by atoms with van der Waals surface area (Å²) in [4.78, 5) is 23.5. The van der Waals surface area contributed by atoms with Gasteiger partial charge < -0.3 is 25.7 Å². The van der Waals surface area contributed by atoms with Crippen molar-refractivity contribution in [1.82, 2.24) is 15.1 Å². The molecule has 0 fully saturated rings. The first-order chi connectivity index (χ1) is 13.9. The van der Waals surface area contributed by atoms with E-state index in [2.05, 4.69) is 10.4 Å². The maximum Gasteiger partial charge on any atom is 0.432 e. The Labute approximate surface area is 164 Å². The molecule has 29 heavy (non-hydrogen) atoms. The van der Waals surface area contributed by atoms with Gasteiger partial charge in [0, 0.05) is 17.5 Å². The second-order valence-electron chi connectivity index (χ2n) is 6.33. The number of phenols is 1. The van der Waals surface area contributed by atoms with Crippen LogP contribution in [0.4, 0.5) is 10.6 Å². The molecular formula is C20H16N4O5. The smallest absolute Gasteiger partial charge is 0.432 e. The lowest BCUT2D eigenvalue weighted by atomic mass is 10.1. The molecule has 2 aromatic heterocycles. The molecule has 0 bridgehead atoms. The minimum atomic E-state index is -1.23. The van der Waals surface area contributed by atoms with Crippen LogP contribution in [0.5, 0.6) is 5.75 Å². The number of hydrogen-bond acceptors (Lipinski definition) is 6. The Hall–Kier alpha value is -4.27. The number of amides is 1. The highest BCUT2D eigenvalue weighted by Gasteiger charge is 2.16. The molecule has 146 valence electrons. The predicted molar refractivity (Wildman–Crippen MR) is 105 cm³/mol. The number of nitrogens with two attached hydrogens (primary N) is 1. The first kappa shape index (κ1) is 18.1. The van der Waals surface area contributed by atoms with E-state index < -0.39 is 12.0 Å². The van der Waals surface area contributed by atoms with E-state index >= 15 is 0 Å². The monoisotopic (exact) mass is 392 g/mol. The molecule has 1 amide bonds. The Morgan fingerprint density at radius 2 is 1.97 bits per heavy atom. The van der Waals surface area contributed by atoms with Crippen LogP contribution in [0.15, 0.2) is 59.0 Å². The fourth-order valence-electron chi connectivity index (χ4n) is 2.99. The topological polar surface area (TPSA) is 144 Å². The van der Waals surface area contributed by atoms with Gasteiger partial charge in [0.05, 0.1) is 5.52 Å². The largest absolute Gasteiger partial charge is 0.508 e. The SMILES string of the molecule is Nc1nn(C(=O)O)c2ccc(-c3ccc(C(=O)NCc4cccc(O)c4)o3)cc12. The Kier molecular flexibility index (Phi) is 4.40. The molecule has 0 saturated carbocycles. The summed E-state index contributed by atoms with van der Waals surface area (Å²) in [6.07, 6.45) is -1.23. The first-order valence-corrected chi connectivity index (χ1v) is 8.60. The Morgan fingerprint density at radius 3 is 2.72 bits per heavy atom. The number of nitrogens with one attached hydrogen (secondary N) is 1. The van der Waals surface area contributed by atoms with Gasteiger partial charge in [0.15, 0.2) is 11.6 Å². The summed E-state index contributed by atoms with van der Waals surface area (Å²) in [5.41, 5.74) is 7.55. The van der Waals surface area contributed by atoms with Gasteiger partial charge in [-0.15, -0.1) is 5.10 Å². The number of anilines is 1. The minimum absolute atomic E-state index is 0.0832. The summed E-state index contributed by atoms with van der Waals surface area (Å²) in [5.74, 6) is 0.350. The third kappa shape index (κ3) is 3.48. The predicted octanol–water partition coefficient (Wildman–Crippen LogP) is 3.04. The van der Waals surface area contributed by atoms with Crippen LogP contribution in [0, 0.1) is 0 Å². The third-order valence-corrected chi connectivity index (χ3v) is 4.37. The lowest BCUT2D eigenvalue weighted by Crippen LogP contribution is -2.22. The highest BCUT2D eigenvalue weighted by atomic mass is 16.4. The number of rotatable bonds is 4. The molecule has 0 aliphatic carbocycles. The molecular weight excluding hydrogens is 376 g/mol. The molecule has 0 aliphatic heterocycles. The van der Waals surface area contributed by atoms with Gasteiger partial charge in [0.25, 0.3) is 5.91 Å². The van der Waals surface area contributed by atoms with E-state index in [1.54, 1.807) is 54.6 Å². The summed E-state index contributed by atoms with van der Waals surface area (Å²) in [5, 5.41) is 25.6. The van der Waals surface area contributed by atoms with Crippen LogP contribution >= 0.6 is 0 Å². The van der Waals surface area contributed by atoms with Crippen molar-refractivity contribution in [3.63, 3.8) is 0 Å². The molecule has 2 heterocycles. The zero-order valence-electron chi connectivity index (χ0n) is 15.0. The van der Waals surface area contributed by atoms with Crippen molar-refractivity contribution < 1.29 is 24.2 Å². The van der Waals surface area contributed by atoms with Crippen LogP contribution in [-0.2, 0) is 6.54 Å². The van der Waals surface area contributed by atoms with Crippen molar-refractivity contribution in [3.05, 3.63) is 65.9 Å². The molecule has 0 saturated heterocycles. The maximum atomic E-state index is 12.3. The van der Waals surface area contributed by atoms with Crippen LogP contribution in [0.25, 0.3) is 22.2 Å². The Bertz CT molecular complexity index is 1240. The number of carboxylic acid groups (broad SMARTS) is 1. The molecule has 0 unspecified atom stereocenters. The zero-order chi connectivity index (χ0) is 20.5. The van der Waals surface area contributed by atoms with E-state index in [4.69, 9.17) is 15.3 Å². The second kappa shape index (κ2) is 7.04. The van der Waals surface area contributed by atoms with Crippen molar-refractivity contribution in [1.29, 1.82) is 0 Å². The number of aromatic hydroxyl groups is 1. The summed E-state index contributed by atoms with van der Waals surface area (Å²) >= 11 is 0. The molecule has 0 radical (unpaired) electrons. The lowest BCUT2D eigenvalue weighted by molar-refractivity contribution is 0.0924. The molecule has 5 N–H and O–H groups in total. The van der Waals surface area contributed by atoms with Crippen molar-refractivity contribution in [2.75, 3.05) is 5.73 Å². The first-order valence-electron chi connectivity index (χ1n) is 8.60. The number of aromatic nitrogens is 2. The molecule has 9 heteroatoms. The van der Waals surface area contributed by atoms with Crippen molar-refractivity contribution in [2.24, 2.45) is 0 Å². The van der Waals surface area contributed by atoms with E-state index in [9.17, 15) is 14.7 Å². The Morgan fingerprint density at radius 1 is 1.14 bits per heavy atom. The summed E-state index contributed by atoms with van der Waals surface area (Å²) in [6, 6.07) is 14.7. The number of nitrogen functional groups attached to an aromatic ring is 1. The average molecular weight is 392 g/mol. The van der Waals surface area contributed by atoms with Gasteiger partial charge >= 0.3 is 6.09 Å². The molecule has 4 rings (SSSR count). The number of fused-ring (bicyclic) bond motifs is 1. The van der Waals surface area contributed by atoms with Gasteiger partial charge in [-0.25, -0.2) is 4.79 Å². The fourth-order valence-corrected chi connectivity index (χ4v) is 2.99. The van der Waals surface area contributed by atoms with E-state index in [0.717, 1.165) is 10.2 Å². The molecule has 9 nitrogen and oxygen atoms in total. The molecule has 0 atom stereocenters. The number of benzene rings is 2. The summed E-state index contributed by atoms with van der Waals surface area (Å²) < 4.78 is 6.44. The number of nitrogens with zero attached hydrogens (tertiary/aromatic N) is 2.